The maximum absolute atomic E-state index is 12.5. The number of halogens is 1. The van der Waals surface area contributed by atoms with Gasteiger partial charge in [0.1, 0.15) is 0 Å². The van der Waals surface area contributed by atoms with Gasteiger partial charge in [-0.3, -0.25) is 4.79 Å². The highest BCUT2D eigenvalue weighted by Gasteiger charge is 2.30. The third kappa shape index (κ3) is 3.33. The van der Waals surface area contributed by atoms with Gasteiger partial charge in [0.05, 0.1) is 31.8 Å². The Bertz CT molecular complexity index is 591. The van der Waals surface area contributed by atoms with E-state index in [1.165, 1.54) is 19.1 Å². The molecule has 7 nitrogen and oxygen atoms in total. The third-order valence-corrected chi connectivity index (χ3v) is 3.90. The highest BCUT2D eigenvalue weighted by atomic mass is 79.9. The predicted octanol–water partition coefficient (Wildman–Crippen LogP) is 1.39. The summed E-state index contributed by atoms with van der Waals surface area (Å²) in [5.74, 6) is -0.449. The second kappa shape index (κ2) is 6.97. The molecule has 0 bridgehead atoms. The van der Waals surface area contributed by atoms with Crippen LogP contribution in [0.25, 0.3) is 0 Å². The second-order valence-corrected chi connectivity index (χ2v) is 5.50. The summed E-state index contributed by atoms with van der Waals surface area (Å²) in [4.78, 5) is 25.0. The molecule has 0 radical (unpaired) electrons. The van der Waals surface area contributed by atoms with Crippen LogP contribution in [0.2, 0.25) is 0 Å². The van der Waals surface area contributed by atoms with Crippen LogP contribution in [0.15, 0.2) is 16.6 Å². The van der Waals surface area contributed by atoms with Gasteiger partial charge in [-0.15, -0.1) is 0 Å². The van der Waals surface area contributed by atoms with Gasteiger partial charge in [-0.25, -0.2) is 4.79 Å². The minimum absolute atomic E-state index is 0.0140. The first-order chi connectivity index (χ1) is 10.5. The standard InChI is InChI=1S/C14H16BrNO6/c1-20-10-6-8(5-9(15)12(10)21-2)13(17)16-3-4-22-11(7-16)14(18)19/h5-6,11H,3-4,7H2,1-2H3,(H,18,19). The molecule has 1 heterocycles. The number of carboxylic acid groups (broad SMARTS) is 1. The van der Waals surface area contributed by atoms with Crippen LogP contribution in [0.3, 0.4) is 0 Å². The van der Waals surface area contributed by atoms with E-state index in [2.05, 4.69) is 15.9 Å². The molecule has 1 aromatic carbocycles. The monoisotopic (exact) mass is 373 g/mol. The summed E-state index contributed by atoms with van der Waals surface area (Å²) in [6.45, 7) is 0.547. The number of benzene rings is 1. The Kier molecular flexibility index (Phi) is 5.25. The molecule has 0 spiro atoms. The van der Waals surface area contributed by atoms with Crippen LogP contribution in [-0.4, -0.2) is 61.9 Å². The lowest BCUT2D eigenvalue weighted by Crippen LogP contribution is -2.48. The molecule has 1 saturated heterocycles. The first kappa shape index (κ1) is 16.6. The number of ether oxygens (including phenoxy) is 3. The normalized spacial score (nSPS) is 18.0. The largest absolute Gasteiger partial charge is 0.493 e. The maximum atomic E-state index is 12.5. The summed E-state index contributed by atoms with van der Waals surface area (Å²) in [5.41, 5.74) is 0.385. The van der Waals surface area contributed by atoms with E-state index in [1.807, 2.05) is 0 Å². The van der Waals surface area contributed by atoms with Crippen molar-refractivity contribution < 1.29 is 28.9 Å². The first-order valence-electron chi connectivity index (χ1n) is 6.53. The van der Waals surface area contributed by atoms with Crippen LogP contribution >= 0.6 is 15.9 Å². The summed E-state index contributed by atoms with van der Waals surface area (Å²) in [5, 5.41) is 9.00. The van der Waals surface area contributed by atoms with E-state index in [4.69, 9.17) is 19.3 Å². The van der Waals surface area contributed by atoms with Crippen molar-refractivity contribution in [2.24, 2.45) is 0 Å². The van der Waals surface area contributed by atoms with E-state index < -0.39 is 12.1 Å². The van der Waals surface area contributed by atoms with Gasteiger partial charge >= 0.3 is 5.97 Å². The van der Waals surface area contributed by atoms with Crippen molar-refractivity contribution in [3.63, 3.8) is 0 Å². The Labute approximate surface area is 135 Å². The van der Waals surface area contributed by atoms with Gasteiger partial charge in [0.2, 0.25) is 0 Å². The highest BCUT2D eigenvalue weighted by Crippen LogP contribution is 2.36. The Morgan fingerprint density at radius 1 is 1.36 bits per heavy atom. The maximum Gasteiger partial charge on any atom is 0.334 e. The van der Waals surface area contributed by atoms with Crippen LogP contribution in [-0.2, 0) is 9.53 Å². The average molecular weight is 374 g/mol. The quantitative estimate of drug-likeness (QED) is 0.858. The number of carbonyl (C=O) groups is 2. The SMILES string of the molecule is COc1cc(C(=O)N2CCOC(C(=O)O)C2)cc(Br)c1OC. The molecule has 1 aliphatic rings. The molecular weight excluding hydrogens is 358 g/mol. The van der Waals surface area contributed by atoms with Crippen molar-refractivity contribution in [3.8, 4) is 11.5 Å². The Morgan fingerprint density at radius 3 is 2.68 bits per heavy atom. The average Bonchev–Trinajstić information content (AvgIpc) is 2.53. The van der Waals surface area contributed by atoms with E-state index in [0.717, 1.165) is 0 Å². The number of morpholine rings is 1. The number of carboxylic acids is 1. The van der Waals surface area contributed by atoms with Crippen molar-refractivity contribution in [2.75, 3.05) is 33.9 Å². The molecule has 1 unspecified atom stereocenters. The summed E-state index contributed by atoms with van der Waals surface area (Å²) in [6.07, 6.45) is -0.999. The van der Waals surface area contributed by atoms with Gasteiger partial charge in [-0.2, -0.15) is 0 Å². The fourth-order valence-electron chi connectivity index (χ4n) is 2.21. The zero-order valence-corrected chi connectivity index (χ0v) is 13.8. The molecule has 1 N–H and O–H groups in total. The summed E-state index contributed by atoms with van der Waals surface area (Å²) < 4.78 is 16.1. The zero-order valence-electron chi connectivity index (χ0n) is 12.2. The van der Waals surface area contributed by atoms with Gasteiger partial charge in [0.25, 0.3) is 5.91 Å². The van der Waals surface area contributed by atoms with Crippen LogP contribution in [0.4, 0.5) is 0 Å². The van der Waals surface area contributed by atoms with Gasteiger partial charge in [0.15, 0.2) is 17.6 Å². The van der Waals surface area contributed by atoms with E-state index in [9.17, 15) is 9.59 Å². The van der Waals surface area contributed by atoms with Crippen molar-refractivity contribution >= 4 is 27.8 Å². The number of rotatable bonds is 4. The van der Waals surface area contributed by atoms with Crippen LogP contribution < -0.4 is 9.47 Å². The van der Waals surface area contributed by atoms with Gasteiger partial charge in [0, 0.05) is 12.1 Å². The number of hydrogen-bond acceptors (Lipinski definition) is 5. The number of amides is 1. The van der Waals surface area contributed by atoms with Gasteiger partial charge < -0.3 is 24.2 Å². The lowest BCUT2D eigenvalue weighted by Gasteiger charge is -2.31. The third-order valence-electron chi connectivity index (χ3n) is 3.31. The molecule has 0 aliphatic carbocycles. The fourth-order valence-corrected chi connectivity index (χ4v) is 2.81. The number of methoxy groups -OCH3 is 2. The molecule has 1 aliphatic heterocycles. The minimum Gasteiger partial charge on any atom is -0.493 e. The summed E-state index contributed by atoms with van der Waals surface area (Å²) >= 11 is 3.33. The molecule has 1 fully saturated rings. The predicted molar refractivity (Wildman–Crippen MR) is 80.5 cm³/mol. The molecule has 1 amide bonds. The van der Waals surface area contributed by atoms with E-state index in [-0.39, 0.29) is 19.1 Å². The van der Waals surface area contributed by atoms with Crippen LogP contribution in [0.1, 0.15) is 10.4 Å². The zero-order chi connectivity index (χ0) is 16.3. The minimum atomic E-state index is -1.08. The second-order valence-electron chi connectivity index (χ2n) is 4.64. The summed E-state index contributed by atoms with van der Waals surface area (Å²) in [7, 11) is 2.98. The Morgan fingerprint density at radius 2 is 2.09 bits per heavy atom. The number of aliphatic carboxylic acids is 1. The van der Waals surface area contributed by atoms with E-state index >= 15 is 0 Å². The smallest absolute Gasteiger partial charge is 0.334 e. The molecule has 22 heavy (non-hydrogen) atoms. The van der Waals surface area contributed by atoms with Crippen molar-refractivity contribution in [3.05, 3.63) is 22.2 Å². The molecule has 1 atom stereocenters. The molecule has 0 aromatic heterocycles. The van der Waals surface area contributed by atoms with Crippen LogP contribution in [0, 0.1) is 0 Å². The number of carbonyl (C=O) groups excluding carboxylic acids is 1. The summed E-state index contributed by atoms with van der Waals surface area (Å²) in [6, 6.07) is 3.19. The topological polar surface area (TPSA) is 85.3 Å². The molecular formula is C14H16BrNO6. The fraction of sp³-hybridized carbons (Fsp3) is 0.429. The lowest BCUT2D eigenvalue weighted by molar-refractivity contribution is -0.154. The van der Waals surface area contributed by atoms with E-state index in [1.54, 1.807) is 12.1 Å². The molecule has 120 valence electrons. The van der Waals surface area contributed by atoms with Crippen molar-refractivity contribution in [1.29, 1.82) is 0 Å². The molecule has 2 rings (SSSR count). The lowest BCUT2D eigenvalue weighted by atomic mass is 10.1. The molecule has 8 heteroatoms. The molecule has 0 saturated carbocycles. The number of hydrogen-bond donors (Lipinski definition) is 1. The van der Waals surface area contributed by atoms with Crippen molar-refractivity contribution in [1.82, 2.24) is 4.90 Å². The number of nitrogens with zero attached hydrogens (tertiary/aromatic N) is 1. The Hall–Kier alpha value is -1.80. The van der Waals surface area contributed by atoms with Gasteiger partial charge in [-0.05, 0) is 28.1 Å². The van der Waals surface area contributed by atoms with Crippen LogP contribution in [0.5, 0.6) is 11.5 Å². The van der Waals surface area contributed by atoms with Gasteiger partial charge in [-0.1, -0.05) is 0 Å². The van der Waals surface area contributed by atoms with Crippen molar-refractivity contribution in [2.45, 2.75) is 6.10 Å². The molecule has 1 aromatic rings. The highest BCUT2D eigenvalue weighted by molar-refractivity contribution is 9.10. The van der Waals surface area contributed by atoms with E-state index in [0.29, 0.717) is 28.1 Å². The Balaban J connectivity index is 2.25. The first-order valence-corrected chi connectivity index (χ1v) is 7.32.